The van der Waals surface area contributed by atoms with E-state index in [-0.39, 0.29) is 11.8 Å². The number of benzene rings is 2. The summed E-state index contributed by atoms with van der Waals surface area (Å²) in [7, 11) is 1.62. The Morgan fingerprint density at radius 3 is 2.77 bits per heavy atom. The maximum atomic E-state index is 12.5. The molecule has 2 amide bonds. The number of thioether (sulfide) groups is 1. The number of aromatic nitrogens is 1. The third-order valence-electron chi connectivity index (χ3n) is 4.82. The van der Waals surface area contributed by atoms with Crippen molar-refractivity contribution in [1.82, 2.24) is 10.3 Å². The third kappa shape index (κ3) is 4.46. The SMILES string of the molecule is COc1cccc(CNC(=O)c2ccc(CN3C(=O)CSc4ncccc43)cc2)c1. The summed E-state index contributed by atoms with van der Waals surface area (Å²) in [4.78, 5) is 31.0. The summed E-state index contributed by atoms with van der Waals surface area (Å²) >= 11 is 1.46. The van der Waals surface area contributed by atoms with Gasteiger partial charge in [0.05, 0.1) is 25.1 Å². The molecule has 6 nitrogen and oxygen atoms in total. The standard InChI is InChI=1S/C23H21N3O3S/c1-29-19-5-2-4-17(12-19)13-25-22(28)18-9-7-16(8-10-18)14-26-20-6-3-11-24-23(20)30-15-21(26)27/h2-12H,13-15H2,1H3,(H,25,28). The number of nitrogens with one attached hydrogen (secondary N) is 1. The number of pyridine rings is 1. The molecule has 152 valence electrons. The minimum absolute atomic E-state index is 0.0561. The molecule has 3 aromatic rings. The van der Waals surface area contributed by atoms with Crippen LogP contribution in [0.15, 0.2) is 71.9 Å². The van der Waals surface area contributed by atoms with Gasteiger partial charge in [0, 0.05) is 18.3 Å². The molecular weight excluding hydrogens is 398 g/mol. The first kappa shape index (κ1) is 20.0. The highest BCUT2D eigenvalue weighted by Gasteiger charge is 2.25. The Bertz CT molecular complexity index is 1070. The summed E-state index contributed by atoms with van der Waals surface area (Å²) in [5.41, 5.74) is 3.32. The van der Waals surface area contributed by atoms with Crippen molar-refractivity contribution in [2.45, 2.75) is 18.1 Å². The van der Waals surface area contributed by atoms with Crippen LogP contribution < -0.4 is 15.0 Å². The minimum atomic E-state index is -0.149. The molecule has 0 spiro atoms. The summed E-state index contributed by atoms with van der Waals surface area (Å²) in [6.07, 6.45) is 1.73. The Balaban J connectivity index is 1.40. The van der Waals surface area contributed by atoms with Gasteiger partial charge in [0.15, 0.2) is 0 Å². The normalized spacial score (nSPS) is 13.0. The van der Waals surface area contributed by atoms with Crippen molar-refractivity contribution in [3.05, 3.63) is 83.6 Å². The molecule has 0 aliphatic carbocycles. The maximum absolute atomic E-state index is 12.5. The minimum Gasteiger partial charge on any atom is -0.497 e. The van der Waals surface area contributed by atoms with Crippen molar-refractivity contribution in [3.8, 4) is 5.75 Å². The molecule has 0 radical (unpaired) electrons. The Morgan fingerprint density at radius 2 is 1.97 bits per heavy atom. The molecular formula is C23H21N3O3S. The van der Waals surface area contributed by atoms with Crippen LogP contribution in [0.2, 0.25) is 0 Å². The van der Waals surface area contributed by atoms with Gasteiger partial charge < -0.3 is 15.0 Å². The van der Waals surface area contributed by atoms with E-state index in [1.807, 2.05) is 48.5 Å². The average molecular weight is 420 g/mol. The van der Waals surface area contributed by atoms with E-state index in [1.165, 1.54) is 11.8 Å². The molecule has 0 fully saturated rings. The lowest BCUT2D eigenvalue weighted by Gasteiger charge is -2.28. The highest BCUT2D eigenvalue weighted by molar-refractivity contribution is 8.00. The van der Waals surface area contributed by atoms with E-state index in [1.54, 1.807) is 30.3 Å². The Morgan fingerprint density at radius 1 is 1.13 bits per heavy atom. The number of carbonyl (C=O) groups is 2. The molecule has 1 aliphatic heterocycles. The first-order valence-corrected chi connectivity index (χ1v) is 10.5. The summed E-state index contributed by atoms with van der Waals surface area (Å²) < 4.78 is 5.21. The van der Waals surface area contributed by atoms with E-state index in [4.69, 9.17) is 4.74 Å². The molecule has 0 saturated carbocycles. The molecule has 4 rings (SSSR count). The molecule has 0 unspecified atom stereocenters. The van der Waals surface area contributed by atoms with Crippen LogP contribution in [0.5, 0.6) is 5.75 Å². The molecule has 2 heterocycles. The van der Waals surface area contributed by atoms with Crippen LogP contribution in [0, 0.1) is 0 Å². The summed E-state index contributed by atoms with van der Waals surface area (Å²) in [5, 5.41) is 3.78. The summed E-state index contributed by atoms with van der Waals surface area (Å²) in [5.74, 6) is 1.05. The molecule has 30 heavy (non-hydrogen) atoms. The second kappa shape index (κ2) is 9.00. The van der Waals surface area contributed by atoms with Crippen LogP contribution in [0.1, 0.15) is 21.5 Å². The molecule has 1 N–H and O–H groups in total. The highest BCUT2D eigenvalue weighted by Crippen LogP contribution is 2.34. The van der Waals surface area contributed by atoms with Gasteiger partial charge in [0.25, 0.3) is 5.91 Å². The molecule has 0 saturated heterocycles. The van der Waals surface area contributed by atoms with Crippen molar-refractivity contribution < 1.29 is 14.3 Å². The Labute approximate surface area is 179 Å². The predicted molar refractivity (Wildman–Crippen MR) is 117 cm³/mol. The zero-order valence-electron chi connectivity index (χ0n) is 16.5. The van der Waals surface area contributed by atoms with Crippen LogP contribution in [-0.4, -0.2) is 29.7 Å². The maximum Gasteiger partial charge on any atom is 0.251 e. The lowest BCUT2D eigenvalue weighted by Crippen LogP contribution is -2.35. The van der Waals surface area contributed by atoms with E-state index in [2.05, 4.69) is 10.3 Å². The fraction of sp³-hybridized carbons (Fsp3) is 0.174. The van der Waals surface area contributed by atoms with Crippen molar-refractivity contribution in [2.75, 3.05) is 17.8 Å². The number of methoxy groups -OCH3 is 1. The van der Waals surface area contributed by atoms with Gasteiger partial charge in [-0.3, -0.25) is 9.59 Å². The number of anilines is 1. The van der Waals surface area contributed by atoms with Gasteiger partial charge in [-0.25, -0.2) is 4.98 Å². The number of carbonyl (C=O) groups excluding carboxylic acids is 2. The second-order valence-electron chi connectivity index (χ2n) is 6.83. The summed E-state index contributed by atoms with van der Waals surface area (Å²) in [6.45, 7) is 0.866. The van der Waals surface area contributed by atoms with E-state index in [0.717, 1.165) is 27.6 Å². The molecule has 0 bridgehead atoms. The van der Waals surface area contributed by atoms with Crippen molar-refractivity contribution in [1.29, 1.82) is 0 Å². The van der Waals surface area contributed by atoms with Crippen LogP contribution in [-0.2, 0) is 17.9 Å². The van der Waals surface area contributed by atoms with Gasteiger partial charge in [-0.2, -0.15) is 0 Å². The molecule has 7 heteroatoms. The number of hydrogen-bond donors (Lipinski definition) is 1. The topological polar surface area (TPSA) is 71.5 Å². The average Bonchev–Trinajstić information content (AvgIpc) is 2.80. The van der Waals surface area contributed by atoms with Crippen LogP contribution in [0.25, 0.3) is 0 Å². The van der Waals surface area contributed by atoms with Crippen LogP contribution in [0.3, 0.4) is 0 Å². The van der Waals surface area contributed by atoms with Gasteiger partial charge >= 0.3 is 0 Å². The van der Waals surface area contributed by atoms with Crippen molar-refractivity contribution >= 4 is 29.3 Å². The third-order valence-corrected chi connectivity index (χ3v) is 5.80. The van der Waals surface area contributed by atoms with Gasteiger partial charge in [0.1, 0.15) is 10.8 Å². The van der Waals surface area contributed by atoms with E-state index in [9.17, 15) is 9.59 Å². The van der Waals surface area contributed by atoms with Gasteiger partial charge in [-0.1, -0.05) is 36.0 Å². The molecule has 1 aliphatic rings. The number of ether oxygens (including phenoxy) is 1. The van der Waals surface area contributed by atoms with Gasteiger partial charge in [-0.05, 0) is 47.5 Å². The quantitative estimate of drug-likeness (QED) is 0.660. The molecule has 1 aromatic heterocycles. The van der Waals surface area contributed by atoms with E-state index < -0.39 is 0 Å². The van der Waals surface area contributed by atoms with Crippen molar-refractivity contribution in [3.63, 3.8) is 0 Å². The second-order valence-corrected chi connectivity index (χ2v) is 7.79. The first-order chi connectivity index (χ1) is 14.6. The number of fused-ring (bicyclic) bond motifs is 1. The smallest absolute Gasteiger partial charge is 0.251 e. The van der Waals surface area contributed by atoms with Crippen LogP contribution >= 0.6 is 11.8 Å². The number of amides is 2. The fourth-order valence-corrected chi connectivity index (χ4v) is 4.10. The molecule has 0 atom stereocenters. The number of hydrogen-bond acceptors (Lipinski definition) is 5. The zero-order valence-corrected chi connectivity index (χ0v) is 17.3. The lowest BCUT2D eigenvalue weighted by atomic mass is 10.1. The predicted octanol–water partition coefficient (Wildman–Crippen LogP) is 3.66. The summed E-state index contributed by atoms with van der Waals surface area (Å²) in [6, 6.07) is 18.7. The lowest BCUT2D eigenvalue weighted by molar-refractivity contribution is -0.116. The fourth-order valence-electron chi connectivity index (χ4n) is 3.23. The Kier molecular flexibility index (Phi) is 5.99. The largest absolute Gasteiger partial charge is 0.497 e. The van der Waals surface area contributed by atoms with E-state index in [0.29, 0.717) is 24.4 Å². The van der Waals surface area contributed by atoms with Gasteiger partial charge in [-0.15, -0.1) is 0 Å². The van der Waals surface area contributed by atoms with E-state index >= 15 is 0 Å². The van der Waals surface area contributed by atoms with Crippen molar-refractivity contribution in [2.24, 2.45) is 0 Å². The first-order valence-electron chi connectivity index (χ1n) is 9.52. The Hall–Kier alpha value is -3.32. The number of nitrogens with zero attached hydrogens (tertiary/aromatic N) is 2. The number of rotatable bonds is 6. The van der Waals surface area contributed by atoms with Gasteiger partial charge in [0.2, 0.25) is 5.91 Å². The monoisotopic (exact) mass is 419 g/mol. The highest BCUT2D eigenvalue weighted by atomic mass is 32.2. The molecule has 2 aromatic carbocycles. The van der Waals surface area contributed by atoms with Crippen LogP contribution in [0.4, 0.5) is 5.69 Å². The zero-order chi connectivity index (χ0) is 20.9.